The zero-order chi connectivity index (χ0) is 17.1. The van der Waals surface area contributed by atoms with Crippen molar-refractivity contribution in [3.05, 3.63) is 23.8 Å². The molecule has 24 heavy (non-hydrogen) atoms. The predicted molar refractivity (Wildman–Crippen MR) is 97.6 cm³/mol. The third kappa shape index (κ3) is 4.22. The van der Waals surface area contributed by atoms with Crippen LogP contribution >= 0.6 is 0 Å². The molecule has 2 saturated carbocycles. The molecule has 2 aliphatic rings. The van der Waals surface area contributed by atoms with Gasteiger partial charge in [0.25, 0.3) is 0 Å². The Morgan fingerprint density at radius 3 is 1.92 bits per heavy atom. The maximum absolute atomic E-state index is 12.3. The highest BCUT2D eigenvalue weighted by Gasteiger charge is 2.31. The molecule has 2 fully saturated rings. The molecule has 1 aromatic rings. The number of benzene rings is 1. The fraction of sp³-hybridized carbons (Fsp3) is 0.650. The van der Waals surface area contributed by atoms with E-state index in [0.717, 1.165) is 30.6 Å². The van der Waals surface area contributed by atoms with Crippen molar-refractivity contribution in [3.8, 4) is 0 Å². The minimum absolute atomic E-state index is 0.0407. The van der Waals surface area contributed by atoms with Gasteiger partial charge in [-0.05, 0) is 74.5 Å². The first-order valence-electron chi connectivity index (χ1n) is 9.38. The number of esters is 1. The molecule has 0 atom stereocenters. The van der Waals surface area contributed by atoms with Crippen LogP contribution in [-0.4, -0.2) is 12.1 Å². The quantitative estimate of drug-likeness (QED) is 0.636. The fourth-order valence-corrected chi connectivity index (χ4v) is 4.45. The molecule has 4 nitrogen and oxygen atoms in total. The summed E-state index contributed by atoms with van der Waals surface area (Å²) >= 11 is 0. The second kappa shape index (κ2) is 7.45. The summed E-state index contributed by atoms with van der Waals surface area (Å²) in [7, 11) is 0. The van der Waals surface area contributed by atoms with Gasteiger partial charge in [-0.2, -0.15) is 0 Å². The molecule has 2 aliphatic carbocycles. The van der Waals surface area contributed by atoms with Crippen molar-refractivity contribution < 1.29 is 9.53 Å². The third-order valence-corrected chi connectivity index (χ3v) is 5.93. The first-order chi connectivity index (χ1) is 11.5. The average Bonchev–Trinajstić information content (AvgIpc) is 2.55. The zero-order valence-electron chi connectivity index (χ0n) is 14.7. The lowest BCUT2D eigenvalue weighted by molar-refractivity contribution is 0.0111. The number of anilines is 2. The van der Waals surface area contributed by atoms with Gasteiger partial charge in [0.2, 0.25) is 0 Å². The van der Waals surface area contributed by atoms with Crippen LogP contribution in [0, 0.1) is 17.8 Å². The summed E-state index contributed by atoms with van der Waals surface area (Å²) in [6.07, 6.45) is 9.94. The Hall–Kier alpha value is -1.71. The summed E-state index contributed by atoms with van der Waals surface area (Å²) in [6.45, 7) is 2.37. The van der Waals surface area contributed by atoms with Crippen LogP contribution in [0.4, 0.5) is 11.4 Å². The second-order valence-electron chi connectivity index (χ2n) is 7.85. The SMILES string of the molecule is CC1CCC(C2CCC(OC(=O)c3cc(N)cc(N)c3)CC2)CC1. The third-order valence-electron chi connectivity index (χ3n) is 5.93. The minimum atomic E-state index is -0.302. The van der Waals surface area contributed by atoms with Gasteiger partial charge in [0, 0.05) is 11.4 Å². The van der Waals surface area contributed by atoms with Gasteiger partial charge in [0.05, 0.1) is 5.56 Å². The van der Waals surface area contributed by atoms with Gasteiger partial charge in [-0.1, -0.05) is 19.8 Å². The second-order valence-corrected chi connectivity index (χ2v) is 7.85. The smallest absolute Gasteiger partial charge is 0.338 e. The Morgan fingerprint density at radius 2 is 1.38 bits per heavy atom. The van der Waals surface area contributed by atoms with Crippen LogP contribution in [0.5, 0.6) is 0 Å². The molecule has 0 heterocycles. The molecule has 0 amide bonds. The summed E-state index contributed by atoms with van der Waals surface area (Å²) in [5.41, 5.74) is 13.0. The number of carbonyl (C=O) groups is 1. The van der Waals surface area contributed by atoms with E-state index in [9.17, 15) is 4.79 Å². The van der Waals surface area contributed by atoms with Crippen LogP contribution < -0.4 is 11.5 Å². The summed E-state index contributed by atoms with van der Waals surface area (Å²) in [6, 6.07) is 4.91. The number of ether oxygens (including phenoxy) is 1. The molecular formula is C20H30N2O2. The van der Waals surface area contributed by atoms with E-state index in [1.807, 2.05) is 0 Å². The first-order valence-corrected chi connectivity index (χ1v) is 9.38. The normalized spacial score (nSPS) is 30.7. The molecule has 0 saturated heterocycles. The Balaban J connectivity index is 1.49. The Labute approximate surface area is 144 Å². The van der Waals surface area contributed by atoms with Gasteiger partial charge in [0.15, 0.2) is 0 Å². The first kappa shape index (κ1) is 17.1. The van der Waals surface area contributed by atoms with E-state index in [4.69, 9.17) is 16.2 Å². The highest BCUT2D eigenvalue weighted by molar-refractivity contribution is 5.91. The number of carbonyl (C=O) groups excluding carboxylic acids is 1. The van der Waals surface area contributed by atoms with E-state index in [1.54, 1.807) is 18.2 Å². The molecule has 3 rings (SSSR count). The van der Waals surface area contributed by atoms with E-state index in [-0.39, 0.29) is 12.1 Å². The number of rotatable bonds is 3. The van der Waals surface area contributed by atoms with Crippen molar-refractivity contribution in [3.63, 3.8) is 0 Å². The van der Waals surface area contributed by atoms with Crippen molar-refractivity contribution in [1.82, 2.24) is 0 Å². The van der Waals surface area contributed by atoms with Gasteiger partial charge >= 0.3 is 5.97 Å². The van der Waals surface area contributed by atoms with E-state index in [0.29, 0.717) is 16.9 Å². The largest absolute Gasteiger partial charge is 0.459 e. The van der Waals surface area contributed by atoms with E-state index in [2.05, 4.69) is 6.92 Å². The average molecular weight is 330 g/mol. The topological polar surface area (TPSA) is 78.3 Å². The lowest BCUT2D eigenvalue weighted by atomic mass is 9.71. The highest BCUT2D eigenvalue weighted by atomic mass is 16.5. The molecule has 0 spiro atoms. The van der Waals surface area contributed by atoms with Crippen LogP contribution in [0.1, 0.15) is 68.6 Å². The summed E-state index contributed by atoms with van der Waals surface area (Å²) in [5, 5.41) is 0. The van der Waals surface area contributed by atoms with Gasteiger partial charge in [-0.25, -0.2) is 4.79 Å². The molecule has 132 valence electrons. The fourth-order valence-electron chi connectivity index (χ4n) is 4.45. The van der Waals surface area contributed by atoms with Gasteiger partial charge in [-0.3, -0.25) is 0 Å². The van der Waals surface area contributed by atoms with Gasteiger partial charge in [0.1, 0.15) is 6.10 Å². The number of nitrogens with two attached hydrogens (primary N) is 2. The summed E-state index contributed by atoms with van der Waals surface area (Å²) < 4.78 is 5.69. The van der Waals surface area contributed by atoms with Crippen LogP contribution in [0.2, 0.25) is 0 Å². The molecule has 4 heteroatoms. The van der Waals surface area contributed by atoms with Crippen molar-refractivity contribution >= 4 is 17.3 Å². The monoisotopic (exact) mass is 330 g/mol. The molecule has 4 N–H and O–H groups in total. The van der Waals surface area contributed by atoms with Crippen molar-refractivity contribution in [1.29, 1.82) is 0 Å². The van der Waals surface area contributed by atoms with Crippen LogP contribution in [0.15, 0.2) is 18.2 Å². The van der Waals surface area contributed by atoms with Crippen LogP contribution in [0.3, 0.4) is 0 Å². The zero-order valence-corrected chi connectivity index (χ0v) is 14.7. The Bertz CT molecular complexity index is 551. The Kier molecular flexibility index (Phi) is 5.32. The van der Waals surface area contributed by atoms with Crippen molar-refractivity contribution in [2.75, 3.05) is 11.5 Å². The molecule has 0 aliphatic heterocycles. The van der Waals surface area contributed by atoms with E-state index in [1.165, 1.54) is 38.5 Å². The molecule has 0 unspecified atom stereocenters. The van der Waals surface area contributed by atoms with E-state index < -0.39 is 0 Å². The number of hydrogen-bond acceptors (Lipinski definition) is 4. The molecule has 0 radical (unpaired) electrons. The van der Waals surface area contributed by atoms with Crippen molar-refractivity contribution in [2.24, 2.45) is 17.8 Å². The maximum atomic E-state index is 12.3. The standard InChI is InChI=1S/C20H30N2O2/c1-13-2-4-14(5-3-13)15-6-8-19(9-7-15)24-20(23)16-10-17(21)12-18(22)11-16/h10-15,19H,2-9,21-22H2,1H3. The molecular weight excluding hydrogens is 300 g/mol. The predicted octanol–water partition coefficient (Wildman–Crippen LogP) is 4.39. The lowest BCUT2D eigenvalue weighted by Gasteiger charge is -2.37. The molecule has 1 aromatic carbocycles. The lowest BCUT2D eigenvalue weighted by Crippen LogP contribution is -2.29. The highest BCUT2D eigenvalue weighted by Crippen LogP contribution is 2.40. The van der Waals surface area contributed by atoms with Crippen molar-refractivity contribution in [2.45, 2.75) is 64.4 Å². The molecule has 0 bridgehead atoms. The summed E-state index contributed by atoms with van der Waals surface area (Å²) in [4.78, 5) is 12.3. The van der Waals surface area contributed by atoms with E-state index >= 15 is 0 Å². The van der Waals surface area contributed by atoms with Gasteiger partial charge < -0.3 is 16.2 Å². The minimum Gasteiger partial charge on any atom is -0.459 e. The van der Waals surface area contributed by atoms with Gasteiger partial charge in [-0.15, -0.1) is 0 Å². The van der Waals surface area contributed by atoms with Crippen LogP contribution in [0.25, 0.3) is 0 Å². The molecule has 0 aromatic heterocycles. The Morgan fingerprint density at radius 1 is 0.875 bits per heavy atom. The summed E-state index contributed by atoms with van der Waals surface area (Å²) in [5.74, 6) is 2.33. The van der Waals surface area contributed by atoms with Crippen LogP contribution in [-0.2, 0) is 4.74 Å². The maximum Gasteiger partial charge on any atom is 0.338 e. The number of nitrogen functional groups attached to an aromatic ring is 2. The number of hydrogen-bond donors (Lipinski definition) is 2.